The summed E-state index contributed by atoms with van der Waals surface area (Å²) in [7, 11) is 0. The van der Waals surface area contributed by atoms with Gasteiger partial charge in [-0.2, -0.15) is 0 Å². The van der Waals surface area contributed by atoms with Gasteiger partial charge >= 0.3 is 0 Å². The number of carbonyl (C=O) groups is 1. The quantitative estimate of drug-likeness (QED) is 0.651. The molecule has 0 atom stereocenters. The van der Waals surface area contributed by atoms with Crippen molar-refractivity contribution in [3.05, 3.63) is 63.2 Å². The Bertz CT molecular complexity index is 852. The third kappa shape index (κ3) is 3.88. The molecule has 3 rings (SSSR count). The van der Waals surface area contributed by atoms with E-state index >= 15 is 0 Å². The molecule has 0 fully saturated rings. The molecule has 2 aromatic rings. The van der Waals surface area contributed by atoms with E-state index in [4.69, 9.17) is 9.47 Å². The standard InChI is InChI=1S/C17H14F2N2O5/c18-11-5-10(6-12(19)7-11)1-2-20-17(22)13-8-15-16(26-4-3-25-15)9-14(13)21(23)24/h5-9H,1-4H2,(H,20,22). The van der Waals surface area contributed by atoms with Gasteiger partial charge in [-0.25, -0.2) is 8.78 Å². The van der Waals surface area contributed by atoms with Crippen LogP contribution in [0.5, 0.6) is 11.5 Å². The summed E-state index contributed by atoms with van der Waals surface area (Å²) >= 11 is 0. The maximum atomic E-state index is 13.2. The second-order valence-electron chi connectivity index (χ2n) is 5.55. The minimum absolute atomic E-state index is 0.0489. The van der Waals surface area contributed by atoms with Crippen LogP contribution in [0.15, 0.2) is 30.3 Å². The number of hydrogen-bond acceptors (Lipinski definition) is 5. The Labute approximate surface area is 146 Å². The highest BCUT2D eigenvalue weighted by Gasteiger charge is 2.26. The van der Waals surface area contributed by atoms with Gasteiger partial charge in [-0.1, -0.05) is 0 Å². The van der Waals surface area contributed by atoms with Gasteiger partial charge in [-0.05, 0) is 24.1 Å². The number of amides is 1. The summed E-state index contributed by atoms with van der Waals surface area (Å²) in [5.41, 5.74) is -0.229. The van der Waals surface area contributed by atoms with Gasteiger partial charge < -0.3 is 14.8 Å². The van der Waals surface area contributed by atoms with E-state index in [2.05, 4.69) is 5.32 Å². The lowest BCUT2D eigenvalue weighted by atomic mass is 10.1. The summed E-state index contributed by atoms with van der Waals surface area (Å²) in [6.45, 7) is 0.588. The van der Waals surface area contributed by atoms with Crippen molar-refractivity contribution < 1.29 is 28.0 Å². The van der Waals surface area contributed by atoms with Crippen LogP contribution in [0.4, 0.5) is 14.5 Å². The minimum Gasteiger partial charge on any atom is -0.486 e. The van der Waals surface area contributed by atoms with Gasteiger partial charge in [0.2, 0.25) is 0 Å². The van der Waals surface area contributed by atoms with E-state index in [1.807, 2.05) is 0 Å². The van der Waals surface area contributed by atoms with Gasteiger partial charge in [0, 0.05) is 18.7 Å². The van der Waals surface area contributed by atoms with Crippen molar-refractivity contribution in [3.8, 4) is 11.5 Å². The van der Waals surface area contributed by atoms with Crippen molar-refractivity contribution >= 4 is 11.6 Å². The van der Waals surface area contributed by atoms with Gasteiger partial charge in [0.25, 0.3) is 11.6 Å². The van der Waals surface area contributed by atoms with Crippen molar-refractivity contribution in [3.63, 3.8) is 0 Å². The van der Waals surface area contributed by atoms with E-state index in [0.717, 1.165) is 24.3 Å². The summed E-state index contributed by atoms with van der Waals surface area (Å²) in [6, 6.07) is 5.46. The van der Waals surface area contributed by atoms with Crippen molar-refractivity contribution in [2.75, 3.05) is 19.8 Å². The lowest BCUT2D eigenvalue weighted by Gasteiger charge is -2.18. The van der Waals surface area contributed by atoms with Crippen LogP contribution in [0.3, 0.4) is 0 Å². The van der Waals surface area contributed by atoms with Crippen LogP contribution in [-0.4, -0.2) is 30.6 Å². The lowest BCUT2D eigenvalue weighted by Crippen LogP contribution is -2.27. The molecule has 1 N–H and O–H groups in total. The van der Waals surface area contributed by atoms with Crippen LogP contribution in [0, 0.1) is 21.7 Å². The summed E-state index contributed by atoms with van der Waals surface area (Å²) in [5, 5.41) is 13.7. The number of fused-ring (bicyclic) bond motifs is 1. The Balaban J connectivity index is 1.73. The predicted octanol–water partition coefficient (Wildman–Crippen LogP) is 2.62. The van der Waals surface area contributed by atoms with Crippen molar-refractivity contribution in [2.45, 2.75) is 6.42 Å². The highest BCUT2D eigenvalue weighted by molar-refractivity contribution is 5.99. The molecule has 0 bridgehead atoms. The Morgan fingerprint density at radius 2 is 1.69 bits per heavy atom. The topological polar surface area (TPSA) is 90.7 Å². The molecule has 9 heteroatoms. The number of hydrogen-bond donors (Lipinski definition) is 1. The summed E-state index contributed by atoms with van der Waals surface area (Å²) in [5.74, 6) is -1.66. The molecular weight excluding hydrogens is 350 g/mol. The van der Waals surface area contributed by atoms with E-state index < -0.39 is 28.2 Å². The molecule has 1 amide bonds. The summed E-state index contributed by atoms with van der Waals surface area (Å²) in [4.78, 5) is 22.9. The zero-order valence-electron chi connectivity index (χ0n) is 13.5. The Hall–Kier alpha value is -3.23. The first-order valence-electron chi connectivity index (χ1n) is 7.75. The van der Waals surface area contributed by atoms with Crippen molar-refractivity contribution in [1.82, 2.24) is 5.32 Å². The van der Waals surface area contributed by atoms with Crippen LogP contribution in [0.1, 0.15) is 15.9 Å². The number of benzene rings is 2. The average molecular weight is 364 g/mol. The average Bonchev–Trinajstić information content (AvgIpc) is 2.59. The fourth-order valence-corrected chi connectivity index (χ4v) is 2.58. The maximum Gasteiger partial charge on any atom is 0.286 e. The van der Waals surface area contributed by atoms with Crippen LogP contribution >= 0.6 is 0 Å². The molecule has 26 heavy (non-hydrogen) atoms. The molecule has 0 radical (unpaired) electrons. The van der Waals surface area contributed by atoms with E-state index in [1.54, 1.807) is 0 Å². The normalized spacial score (nSPS) is 12.5. The van der Waals surface area contributed by atoms with E-state index in [-0.39, 0.29) is 43.2 Å². The smallest absolute Gasteiger partial charge is 0.286 e. The van der Waals surface area contributed by atoms with Gasteiger partial charge in [0.05, 0.1) is 11.0 Å². The number of rotatable bonds is 5. The number of ether oxygens (including phenoxy) is 2. The zero-order chi connectivity index (χ0) is 18.7. The van der Waals surface area contributed by atoms with Crippen LogP contribution in [0.2, 0.25) is 0 Å². The summed E-state index contributed by atoms with van der Waals surface area (Å²) in [6.07, 6.45) is 0.165. The van der Waals surface area contributed by atoms with Crippen LogP contribution in [0.25, 0.3) is 0 Å². The molecule has 0 aromatic heterocycles. The second-order valence-corrected chi connectivity index (χ2v) is 5.55. The van der Waals surface area contributed by atoms with Gasteiger partial charge in [-0.15, -0.1) is 0 Å². The van der Waals surface area contributed by atoms with Crippen molar-refractivity contribution in [1.29, 1.82) is 0 Å². The zero-order valence-corrected chi connectivity index (χ0v) is 13.5. The van der Waals surface area contributed by atoms with E-state index in [1.165, 1.54) is 6.07 Å². The van der Waals surface area contributed by atoms with Crippen molar-refractivity contribution in [2.24, 2.45) is 0 Å². The fraction of sp³-hybridized carbons (Fsp3) is 0.235. The molecule has 0 unspecified atom stereocenters. The molecular formula is C17H14F2N2O5. The minimum atomic E-state index is -0.714. The predicted molar refractivity (Wildman–Crippen MR) is 86.5 cm³/mol. The third-order valence-corrected chi connectivity index (χ3v) is 3.72. The van der Waals surface area contributed by atoms with Crippen LogP contribution < -0.4 is 14.8 Å². The SMILES string of the molecule is O=C(NCCc1cc(F)cc(F)c1)c1cc2c(cc1[N+](=O)[O-])OCCO2. The Morgan fingerprint density at radius 3 is 2.31 bits per heavy atom. The van der Waals surface area contributed by atoms with Gasteiger partial charge in [0.1, 0.15) is 30.4 Å². The number of halogens is 2. The molecule has 1 aliphatic rings. The maximum absolute atomic E-state index is 13.2. The summed E-state index contributed by atoms with van der Waals surface area (Å²) < 4.78 is 36.9. The number of carbonyl (C=O) groups excluding carboxylic acids is 1. The van der Waals surface area contributed by atoms with E-state index in [0.29, 0.717) is 5.56 Å². The highest BCUT2D eigenvalue weighted by atomic mass is 19.1. The molecule has 0 saturated heterocycles. The van der Waals surface area contributed by atoms with Crippen LogP contribution in [-0.2, 0) is 6.42 Å². The molecule has 0 aliphatic carbocycles. The third-order valence-electron chi connectivity index (χ3n) is 3.72. The molecule has 1 heterocycles. The number of nitro groups is 1. The second kappa shape index (κ2) is 7.34. The Morgan fingerprint density at radius 1 is 1.08 bits per heavy atom. The Kier molecular flexibility index (Phi) is 4.97. The molecule has 7 nitrogen and oxygen atoms in total. The molecule has 2 aromatic carbocycles. The fourth-order valence-electron chi connectivity index (χ4n) is 2.58. The highest BCUT2D eigenvalue weighted by Crippen LogP contribution is 2.36. The van der Waals surface area contributed by atoms with Gasteiger partial charge in [-0.3, -0.25) is 14.9 Å². The lowest BCUT2D eigenvalue weighted by molar-refractivity contribution is -0.385. The molecule has 0 spiro atoms. The molecule has 1 aliphatic heterocycles. The largest absolute Gasteiger partial charge is 0.486 e. The molecule has 136 valence electrons. The van der Waals surface area contributed by atoms with E-state index in [9.17, 15) is 23.7 Å². The number of nitrogens with one attached hydrogen (secondary N) is 1. The monoisotopic (exact) mass is 364 g/mol. The molecule has 0 saturated carbocycles. The first-order chi connectivity index (χ1) is 12.4. The van der Waals surface area contributed by atoms with Gasteiger partial charge in [0.15, 0.2) is 11.5 Å². The first kappa shape index (κ1) is 17.6. The number of nitrogens with zero attached hydrogens (tertiary/aromatic N) is 1. The number of nitro benzene ring substituents is 1. The first-order valence-corrected chi connectivity index (χ1v) is 7.75.